The number of rotatable bonds is 2. The van der Waals surface area contributed by atoms with Crippen molar-refractivity contribution in [1.29, 1.82) is 0 Å². The van der Waals surface area contributed by atoms with Gasteiger partial charge in [-0.15, -0.1) is 0 Å². The summed E-state index contributed by atoms with van der Waals surface area (Å²) in [5.74, 6) is -0.159. The summed E-state index contributed by atoms with van der Waals surface area (Å²) < 4.78 is 0. The number of halogens is 1. The van der Waals surface area contributed by atoms with Gasteiger partial charge in [-0.2, -0.15) is 0 Å². The second kappa shape index (κ2) is 5.02. The van der Waals surface area contributed by atoms with Crippen LogP contribution in [0.5, 0.6) is 0 Å². The van der Waals surface area contributed by atoms with Crippen LogP contribution in [0.15, 0.2) is 48.5 Å². The first-order valence-electron chi connectivity index (χ1n) is 6.30. The van der Waals surface area contributed by atoms with Crippen LogP contribution in [0.3, 0.4) is 0 Å². The van der Waals surface area contributed by atoms with Crippen LogP contribution in [0.25, 0.3) is 10.9 Å². The number of para-hydroxylation sites is 2. The zero-order valence-corrected chi connectivity index (χ0v) is 11.7. The zero-order valence-electron chi connectivity index (χ0n) is 10.9. The Kier molecular flexibility index (Phi) is 3.20. The lowest BCUT2D eigenvalue weighted by Crippen LogP contribution is -2.13. The highest BCUT2D eigenvalue weighted by Gasteiger charge is 2.16. The number of aromatic nitrogens is 1. The van der Waals surface area contributed by atoms with E-state index in [4.69, 9.17) is 11.6 Å². The van der Waals surface area contributed by atoms with Crippen LogP contribution in [0.1, 0.15) is 16.1 Å². The number of benzene rings is 2. The fraction of sp³-hybridized carbons (Fsp3) is 0.0625. The molecule has 0 saturated carbocycles. The van der Waals surface area contributed by atoms with Crippen molar-refractivity contribution in [3.05, 3.63) is 64.8 Å². The van der Waals surface area contributed by atoms with Gasteiger partial charge in [0.25, 0.3) is 5.91 Å². The first-order valence-corrected chi connectivity index (χ1v) is 6.68. The van der Waals surface area contributed by atoms with Gasteiger partial charge < -0.3 is 10.3 Å². The number of aryl methyl sites for hydroxylation is 1. The van der Waals surface area contributed by atoms with Crippen LogP contribution >= 0.6 is 11.6 Å². The maximum atomic E-state index is 12.5. The van der Waals surface area contributed by atoms with Crippen LogP contribution in [0, 0.1) is 6.92 Å². The average molecular weight is 285 g/mol. The van der Waals surface area contributed by atoms with Crippen molar-refractivity contribution >= 4 is 34.1 Å². The monoisotopic (exact) mass is 284 g/mol. The second-order valence-corrected chi connectivity index (χ2v) is 5.01. The van der Waals surface area contributed by atoms with Gasteiger partial charge in [0.1, 0.15) is 0 Å². The standard InChI is InChI=1S/C16H13ClN2O/c1-10-15(11-6-2-4-8-13(11)18-10)16(20)19-14-9-5-3-7-12(14)17/h2-9,18H,1H3,(H,19,20). The summed E-state index contributed by atoms with van der Waals surface area (Å²) in [4.78, 5) is 15.7. The summed E-state index contributed by atoms with van der Waals surface area (Å²) in [7, 11) is 0. The number of amides is 1. The molecule has 0 bridgehead atoms. The number of anilines is 1. The lowest BCUT2D eigenvalue weighted by Gasteiger charge is -2.07. The van der Waals surface area contributed by atoms with E-state index >= 15 is 0 Å². The van der Waals surface area contributed by atoms with E-state index in [1.165, 1.54) is 0 Å². The lowest BCUT2D eigenvalue weighted by atomic mass is 10.1. The number of fused-ring (bicyclic) bond motifs is 1. The zero-order chi connectivity index (χ0) is 14.1. The molecule has 0 aliphatic rings. The Morgan fingerprint density at radius 2 is 1.80 bits per heavy atom. The third kappa shape index (κ3) is 2.17. The quantitative estimate of drug-likeness (QED) is 0.720. The van der Waals surface area contributed by atoms with Crippen molar-refractivity contribution < 1.29 is 4.79 Å². The molecule has 1 heterocycles. The molecule has 2 aromatic carbocycles. The normalized spacial score (nSPS) is 10.7. The summed E-state index contributed by atoms with van der Waals surface area (Å²) in [5.41, 5.74) is 3.06. The Balaban J connectivity index is 2.01. The topological polar surface area (TPSA) is 44.9 Å². The number of H-pyrrole nitrogens is 1. The smallest absolute Gasteiger partial charge is 0.258 e. The van der Waals surface area contributed by atoms with Crippen molar-refractivity contribution in [3.8, 4) is 0 Å². The molecular weight excluding hydrogens is 272 g/mol. The van der Waals surface area contributed by atoms with Gasteiger partial charge in [0, 0.05) is 16.6 Å². The number of nitrogens with one attached hydrogen (secondary N) is 2. The van der Waals surface area contributed by atoms with Crippen LogP contribution in [0.2, 0.25) is 5.02 Å². The van der Waals surface area contributed by atoms with E-state index in [2.05, 4.69) is 10.3 Å². The third-order valence-electron chi connectivity index (χ3n) is 3.24. The van der Waals surface area contributed by atoms with Crippen molar-refractivity contribution in [3.63, 3.8) is 0 Å². The first-order chi connectivity index (χ1) is 9.66. The molecule has 0 spiro atoms. The van der Waals surface area contributed by atoms with E-state index in [9.17, 15) is 4.79 Å². The minimum Gasteiger partial charge on any atom is -0.358 e. The number of hydrogen-bond acceptors (Lipinski definition) is 1. The van der Waals surface area contributed by atoms with Gasteiger partial charge in [0.2, 0.25) is 0 Å². The fourth-order valence-corrected chi connectivity index (χ4v) is 2.50. The predicted molar refractivity (Wildman–Crippen MR) is 82.4 cm³/mol. The molecule has 1 amide bonds. The van der Waals surface area contributed by atoms with Crippen molar-refractivity contribution in [1.82, 2.24) is 4.98 Å². The molecule has 0 saturated heterocycles. The van der Waals surface area contributed by atoms with Gasteiger partial charge in [0.05, 0.1) is 16.3 Å². The second-order valence-electron chi connectivity index (χ2n) is 4.60. The Morgan fingerprint density at radius 1 is 1.10 bits per heavy atom. The van der Waals surface area contributed by atoms with Crippen molar-refractivity contribution in [2.45, 2.75) is 6.92 Å². The highest BCUT2D eigenvalue weighted by molar-refractivity contribution is 6.34. The number of hydrogen-bond donors (Lipinski definition) is 2. The van der Waals surface area contributed by atoms with Gasteiger partial charge in [-0.25, -0.2) is 0 Å². The molecule has 1 aromatic heterocycles. The highest BCUT2D eigenvalue weighted by Crippen LogP contribution is 2.25. The van der Waals surface area contributed by atoms with Gasteiger partial charge in [-0.3, -0.25) is 4.79 Å². The molecule has 0 unspecified atom stereocenters. The number of carbonyl (C=O) groups excluding carboxylic acids is 1. The van der Waals surface area contributed by atoms with E-state index in [0.29, 0.717) is 16.3 Å². The predicted octanol–water partition coefficient (Wildman–Crippen LogP) is 4.38. The lowest BCUT2D eigenvalue weighted by molar-refractivity contribution is 0.102. The molecule has 4 heteroatoms. The molecule has 2 N–H and O–H groups in total. The van der Waals surface area contributed by atoms with E-state index < -0.39 is 0 Å². The van der Waals surface area contributed by atoms with Crippen molar-refractivity contribution in [2.24, 2.45) is 0 Å². The minimum absolute atomic E-state index is 0.159. The van der Waals surface area contributed by atoms with E-state index in [1.807, 2.05) is 43.3 Å². The highest BCUT2D eigenvalue weighted by atomic mass is 35.5. The Bertz CT molecular complexity index is 792. The minimum atomic E-state index is -0.159. The molecule has 0 aliphatic heterocycles. The van der Waals surface area contributed by atoms with Crippen LogP contribution in [-0.2, 0) is 0 Å². The van der Waals surface area contributed by atoms with E-state index in [1.54, 1.807) is 12.1 Å². The molecule has 100 valence electrons. The van der Waals surface area contributed by atoms with E-state index in [-0.39, 0.29) is 5.91 Å². The van der Waals surface area contributed by atoms with Crippen LogP contribution < -0.4 is 5.32 Å². The Morgan fingerprint density at radius 3 is 2.60 bits per heavy atom. The molecule has 20 heavy (non-hydrogen) atoms. The summed E-state index contributed by atoms with van der Waals surface area (Å²) in [6.07, 6.45) is 0. The molecular formula is C16H13ClN2O. The Labute approximate surface area is 121 Å². The first kappa shape index (κ1) is 12.8. The molecule has 3 aromatic rings. The summed E-state index contributed by atoms with van der Waals surface area (Å²) in [6.45, 7) is 1.89. The van der Waals surface area contributed by atoms with Crippen LogP contribution in [0.4, 0.5) is 5.69 Å². The summed E-state index contributed by atoms with van der Waals surface area (Å²) in [5, 5.41) is 4.29. The van der Waals surface area contributed by atoms with Crippen LogP contribution in [-0.4, -0.2) is 10.9 Å². The van der Waals surface area contributed by atoms with E-state index in [0.717, 1.165) is 16.6 Å². The number of carbonyl (C=O) groups is 1. The van der Waals surface area contributed by atoms with Crippen molar-refractivity contribution in [2.75, 3.05) is 5.32 Å². The van der Waals surface area contributed by atoms with Gasteiger partial charge in [-0.1, -0.05) is 41.9 Å². The Hall–Kier alpha value is -2.26. The molecule has 0 radical (unpaired) electrons. The maximum absolute atomic E-state index is 12.5. The average Bonchev–Trinajstić information content (AvgIpc) is 2.77. The summed E-state index contributed by atoms with van der Waals surface area (Å²) >= 11 is 6.07. The molecule has 0 aliphatic carbocycles. The fourth-order valence-electron chi connectivity index (χ4n) is 2.32. The third-order valence-corrected chi connectivity index (χ3v) is 3.57. The maximum Gasteiger partial charge on any atom is 0.258 e. The SMILES string of the molecule is Cc1[nH]c2ccccc2c1C(=O)Nc1ccccc1Cl. The van der Waals surface area contributed by atoms with Gasteiger partial charge >= 0.3 is 0 Å². The number of aromatic amines is 1. The largest absolute Gasteiger partial charge is 0.358 e. The van der Waals surface area contributed by atoms with Gasteiger partial charge in [0.15, 0.2) is 0 Å². The molecule has 0 atom stereocenters. The van der Waals surface area contributed by atoms with Gasteiger partial charge in [-0.05, 0) is 25.1 Å². The summed E-state index contributed by atoms with van der Waals surface area (Å²) in [6, 6.07) is 14.9. The molecule has 3 nitrogen and oxygen atoms in total. The molecule has 3 rings (SSSR count). The molecule has 0 fully saturated rings.